The normalized spacial score (nSPS) is 19.8. The van der Waals surface area contributed by atoms with E-state index in [1.165, 1.54) is 24.3 Å². The van der Waals surface area contributed by atoms with Crippen molar-refractivity contribution in [1.29, 1.82) is 0 Å². The van der Waals surface area contributed by atoms with E-state index in [9.17, 15) is 23.2 Å². The van der Waals surface area contributed by atoms with Crippen LogP contribution in [0.5, 0.6) is 0 Å². The zero-order valence-electron chi connectivity index (χ0n) is 38.8. The molecule has 71 heavy (non-hydrogen) atoms. The molecule has 0 aliphatic carbocycles. The zero-order valence-corrected chi connectivity index (χ0v) is 40.3. The van der Waals surface area contributed by atoms with Crippen molar-refractivity contribution < 1.29 is 23.2 Å². The van der Waals surface area contributed by atoms with Crippen LogP contribution in [0.25, 0.3) is 34.4 Å². The lowest BCUT2D eigenvalue weighted by Gasteiger charge is -2.40. The number of likely N-dealkylation sites (tertiary alicyclic amines) is 2. The Kier molecular flexibility index (Phi) is 15.2. The third kappa shape index (κ3) is 11.8. The fourth-order valence-electron chi connectivity index (χ4n) is 10.4. The van der Waals surface area contributed by atoms with Crippen LogP contribution in [0.4, 0.5) is 25.0 Å². The van der Waals surface area contributed by atoms with Crippen LogP contribution < -0.4 is 16.8 Å². The van der Waals surface area contributed by atoms with Crippen LogP contribution in [0.15, 0.2) is 134 Å². The number of carbonyl (C=O) groups is 3. The summed E-state index contributed by atoms with van der Waals surface area (Å²) in [4.78, 5) is 55.1. The molecule has 4 aromatic carbocycles. The second-order valence-electron chi connectivity index (χ2n) is 18.4. The number of nitrogens with zero attached hydrogens (tertiary/aromatic N) is 6. The van der Waals surface area contributed by atoms with Crippen molar-refractivity contribution in [1.82, 2.24) is 29.6 Å². The van der Waals surface area contributed by atoms with Gasteiger partial charge in [0.15, 0.2) is 0 Å². The van der Waals surface area contributed by atoms with Gasteiger partial charge in [0.1, 0.15) is 11.6 Å². The van der Waals surface area contributed by atoms with E-state index in [1.807, 2.05) is 58.3 Å². The van der Waals surface area contributed by atoms with Gasteiger partial charge in [-0.3, -0.25) is 29.4 Å². The van der Waals surface area contributed by atoms with Gasteiger partial charge in [0, 0.05) is 128 Å². The van der Waals surface area contributed by atoms with Crippen molar-refractivity contribution in [3.63, 3.8) is 0 Å². The Morgan fingerprint density at radius 2 is 1.04 bits per heavy atom. The van der Waals surface area contributed by atoms with Gasteiger partial charge in [-0.2, -0.15) is 0 Å². The topological polar surface area (TPSA) is 154 Å². The number of nitrogen functional groups attached to an aromatic ring is 1. The molecule has 4 aliphatic rings. The van der Waals surface area contributed by atoms with E-state index in [2.05, 4.69) is 25.1 Å². The number of carbonyl (C=O) groups excluding carboxylic acids is 3. The van der Waals surface area contributed by atoms with Gasteiger partial charge < -0.3 is 26.6 Å². The molecule has 4 atom stereocenters. The molecule has 4 unspecified atom stereocenters. The standard InChI is InChI=1S/C28H27ClFN5O2.C27H26ClFN4O/c29-25-13-26(33-28(31)37)19(12-24(25)20-2-1-11-32-14-20)5-10-27(36)35-22-8-9-23(35)17-34(16-22)15-18-3-6-21(30)7-4-18;28-25-13-26(30)19(12-24(25)20-2-1-11-31-14-20)5-10-27(34)33-22-8-9-23(33)17-32(16-22)15-18-3-6-21(29)7-4-18/h1-7,10-14,22-23H,8-9,15-17H2,(H3,31,33,37);1-7,10-14,22-23H,8-9,15-17,30H2/b2*10-5+. The maximum atomic E-state index is 13.3. The number of amides is 4. The number of nitrogens with two attached hydrogens (primary N) is 2. The summed E-state index contributed by atoms with van der Waals surface area (Å²) in [7, 11) is 0. The van der Waals surface area contributed by atoms with Crippen LogP contribution in [-0.2, 0) is 22.7 Å². The molecule has 0 spiro atoms. The van der Waals surface area contributed by atoms with Crippen LogP contribution in [0.1, 0.15) is 47.9 Å². The predicted octanol–water partition coefficient (Wildman–Crippen LogP) is 9.93. The largest absolute Gasteiger partial charge is 0.398 e. The first kappa shape index (κ1) is 49.0. The van der Waals surface area contributed by atoms with Gasteiger partial charge in [-0.1, -0.05) is 59.6 Å². The number of hydrogen-bond donors (Lipinski definition) is 3. The Morgan fingerprint density at radius 1 is 0.620 bits per heavy atom. The number of anilines is 2. The Labute approximate surface area is 421 Å². The summed E-state index contributed by atoms with van der Waals surface area (Å²) in [6.45, 7) is 4.68. The molecule has 16 heteroatoms. The van der Waals surface area contributed by atoms with Crippen molar-refractivity contribution in [2.75, 3.05) is 37.2 Å². The summed E-state index contributed by atoms with van der Waals surface area (Å²) in [5.74, 6) is -0.531. The number of fused-ring (bicyclic) bond motifs is 4. The smallest absolute Gasteiger partial charge is 0.316 e. The van der Waals surface area contributed by atoms with Gasteiger partial charge in [0.2, 0.25) is 11.8 Å². The molecule has 2 aromatic heterocycles. The number of pyridine rings is 2. The summed E-state index contributed by atoms with van der Waals surface area (Å²) >= 11 is 12.9. The van der Waals surface area contributed by atoms with Crippen LogP contribution in [0.3, 0.4) is 0 Å². The minimum absolute atomic E-state index is 0.00575. The molecule has 6 heterocycles. The number of benzene rings is 4. The van der Waals surface area contributed by atoms with E-state index in [0.29, 0.717) is 27.0 Å². The average Bonchev–Trinajstić information content (AvgIpc) is 3.80. The minimum Gasteiger partial charge on any atom is -0.398 e. The number of aromatic nitrogens is 2. The third-order valence-corrected chi connectivity index (χ3v) is 14.2. The fourth-order valence-corrected chi connectivity index (χ4v) is 10.9. The number of nitrogens with one attached hydrogen (secondary N) is 1. The number of hydrogen-bond acceptors (Lipinski definition) is 8. The van der Waals surface area contributed by atoms with Crippen molar-refractivity contribution in [2.45, 2.75) is 62.9 Å². The maximum absolute atomic E-state index is 13.3. The maximum Gasteiger partial charge on any atom is 0.316 e. The Morgan fingerprint density at radius 3 is 1.46 bits per heavy atom. The highest BCUT2D eigenvalue weighted by Crippen LogP contribution is 2.37. The van der Waals surface area contributed by atoms with Gasteiger partial charge in [0.25, 0.3) is 0 Å². The second-order valence-corrected chi connectivity index (χ2v) is 19.2. The quantitative estimate of drug-likeness (QED) is 0.0857. The van der Waals surface area contributed by atoms with Gasteiger partial charge in [-0.15, -0.1) is 0 Å². The van der Waals surface area contributed by atoms with Gasteiger partial charge in [-0.05, 0) is 121 Å². The van der Waals surface area contributed by atoms with Crippen molar-refractivity contribution in [3.05, 3.63) is 178 Å². The minimum atomic E-state index is -0.721. The van der Waals surface area contributed by atoms with Crippen LogP contribution in [-0.4, -0.2) is 97.8 Å². The van der Waals surface area contributed by atoms with E-state index in [4.69, 9.17) is 34.7 Å². The lowest BCUT2D eigenvalue weighted by Crippen LogP contribution is -2.55. The number of primary amides is 1. The third-order valence-electron chi connectivity index (χ3n) is 13.6. The molecular formula is C55H53Cl2F2N9O3. The summed E-state index contributed by atoms with van der Waals surface area (Å²) in [6.07, 6.45) is 17.4. The van der Waals surface area contributed by atoms with Gasteiger partial charge >= 0.3 is 6.03 Å². The molecule has 4 bridgehead atoms. The number of urea groups is 1. The van der Waals surface area contributed by atoms with Gasteiger partial charge in [-0.25, -0.2) is 13.6 Å². The summed E-state index contributed by atoms with van der Waals surface area (Å²) in [5, 5.41) is 3.56. The molecule has 4 saturated heterocycles. The summed E-state index contributed by atoms with van der Waals surface area (Å²) in [6, 6.07) is 27.6. The predicted molar refractivity (Wildman–Crippen MR) is 276 cm³/mol. The van der Waals surface area contributed by atoms with E-state index in [-0.39, 0.29) is 47.6 Å². The number of piperazine rings is 2. The molecule has 4 aliphatic heterocycles. The Hall–Kier alpha value is -6.97. The molecule has 4 amide bonds. The van der Waals surface area contributed by atoms with E-state index in [1.54, 1.807) is 73.4 Å². The SMILES string of the molecule is NC(=O)Nc1cc(Cl)c(-c2cccnc2)cc1/C=C/C(=O)N1C2CCC1CN(Cc1ccc(F)cc1)C2.Nc1cc(Cl)c(-c2cccnc2)cc1/C=C/C(=O)N1C2CCC1CN(Cc1ccc(F)cc1)C2. The highest BCUT2D eigenvalue weighted by Gasteiger charge is 2.43. The van der Waals surface area contributed by atoms with Crippen molar-refractivity contribution in [2.24, 2.45) is 5.73 Å². The average molecular weight is 997 g/mol. The van der Waals surface area contributed by atoms with Crippen LogP contribution in [0, 0.1) is 11.6 Å². The van der Waals surface area contributed by atoms with E-state index in [0.717, 1.165) is 104 Å². The van der Waals surface area contributed by atoms with Crippen LogP contribution >= 0.6 is 23.2 Å². The number of halogens is 4. The molecular weight excluding hydrogens is 944 g/mol. The van der Waals surface area contributed by atoms with E-state index < -0.39 is 6.03 Å². The molecule has 0 radical (unpaired) electrons. The summed E-state index contributed by atoms with van der Waals surface area (Å²) in [5.41, 5.74) is 19.3. The second kappa shape index (κ2) is 22.0. The van der Waals surface area contributed by atoms with Crippen LogP contribution in [0.2, 0.25) is 10.0 Å². The first-order valence-corrected chi connectivity index (χ1v) is 24.3. The van der Waals surface area contributed by atoms with Crippen molar-refractivity contribution >= 4 is 64.6 Å². The molecule has 6 aromatic rings. The fraction of sp³-hybridized carbons (Fsp3) is 0.255. The van der Waals surface area contributed by atoms with Crippen molar-refractivity contribution in [3.8, 4) is 22.3 Å². The van der Waals surface area contributed by atoms with Gasteiger partial charge in [0.05, 0.1) is 15.7 Å². The lowest BCUT2D eigenvalue weighted by atomic mass is 10.0. The zero-order chi connectivity index (χ0) is 49.6. The highest BCUT2D eigenvalue weighted by atomic mass is 35.5. The molecule has 0 saturated carbocycles. The summed E-state index contributed by atoms with van der Waals surface area (Å²) < 4.78 is 26.5. The molecule has 12 nitrogen and oxygen atoms in total. The molecule has 10 rings (SSSR count). The molecule has 5 N–H and O–H groups in total. The number of rotatable bonds is 11. The Balaban J connectivity index is 0.000000176. The first-order valence-electron chi connectivity index (χ1n) is 23.6. The van der Waals surface area contributed by atoms with E-state index >= 15 is 0 Å². The first-order chi connectivity index (χ1) is 34.3. The lowest BCUT2D eigenvalue weighted by molar-refractivity contribution is -0.132. The monoisotopic (exact) mass is 995 g/mol. The highest BCUT2D eigenvalue weighted by molar-refractivity contribution is 6.34. The molecule has 4 fully saturated rings. The Bertz CT molecular complexity index is 2920. The molecule has 364 valence electrons.